The predicted octanol–water partition coefficient (Wildman–Crippen LogP) is 1.83. The van der Waals surface area contributed by atoms with Gasteiger partial charge < -0.3 is 19.6 Å². The normalized spacial score (nSPS) is 20.7. The number of halogens is 1. The molecule has 1 aromatic carbocycles. The van der Waals surface area contributed by atoms with Crippen LogP contribution in [-0.4, -0.2) is 49.2 Å². The number of amides is 1. The minimum Gasteiger partial charge on any atom is -0.503 e. The molecule has 24 heavy (non-hydrogen) atoms. The highest BCUT2D eigenvalue weighted by atomic mass is 79.9. The molecule has 1 saturated heterocycles. The van der Waals surface area contributed by atoms with Crippen LogP contribution in [0.15, 0.2) is 16.6 Å². The summed E-state index contributed by atoms with van der Waals surface area (Å²) in [4.78, 5) is 16.0. The van der Waals surface area contributed by atoms with Crippen molar-refractivity contribution in [3.05, 3.63) is 22.2 Å². The number of phenols is 1. The van der Waals surface area contributed by atoms with E-state index in [1.807, 2.05) is 30.9 Å². The fourth-order valence-corrected chi connectivity index (χ4v) is 3.98. The molecule has 5 nitrogen and oxygen atoms in total. The van der Waals surface area contributed by atoms with Gasteiger partial charge in [0.25, 0.3) is 0 Å². The van der Waals surface area contributed by atoms with Gasteiger partial charge in [0.05, 0.1) is 30.6 Å². The Morgan fingerprint density at radius 2 is 2.12 bits per heavy atom. The van der Waals surface area contributed by atoms with Crippen LogP contribution in [0.3, 0.4) is 0 Å². The molecular formula is C18H28BrN2O3+. The molecule has 0 aliphatic carbocycles. The number of benzene rings is 1. The number of hydrogen-bond acceptors (Lipinski definition) is 3. The standard InChI is InChI=1S/C18H27BrN2O3/c1-4-21(5-2)18(23)14-7-6-8-20(12-14)11-13-9-15(19)17(22)16(10-13)24-3/h9-10,14,22H,4-8,11-12H2,1-3H3/p+1/t14-/m0/s1. The summed E-state index contributed by atoms with van der Waals surface area (Å²) in [5.41, 5.74) is 1.10. The van der Waals surface area contributed by atoms with Gasteiger partial charge in [-0.15, -0.1) is 0 Å². The van der Waals surface area contributed by atoms with E-state index in [-0.39, 0.29) is 11.7 Å². The fourth-order valence-electron chi connectivity index (χ4n) is 3.49. The predicted molar refractivity (Wildman–Crippen MR) is 97.4 cm³/mol. The quantitative estimate of drug-likeness (QED) is 0.766. The first kappa shape index (κ1) is 19.1. The largest absolute Gasteiger partial charge is 0.503 e. The SMILES string of the molecule is CCN(CC)C(=O)[C@H]1CCC[NH+](Cc2cc(Br)c(O)c(OC)c2)C1. The zero-order chi connectivity index (χ0) is 17.7. The number of phenolic OH excluding ortho intramolecular Hbond substituents is 1. The number of carbonyl (C=O) groups is 1. The van der Waals surface area contributed by atoms with E-state index in [9.17, 15) is 9.90 Å². The number of hydrogen-bond donors (Lipinski definition) is 2. The van der Waals surface area contributed by atoms with Gasteiger partial charge in [-0.3, -0.25) is 4.79 Å². The van der Waals surface area contributed by atoms with E-state index in [2.05, 4.69) is 15.9 Å². The van der Waals surface area contributed by atoms with Gasteiger partial charge in [0.15, 0.2) is 11.5 Å². The van der Waals surface area contributed by atoms with Gasteiger partial charge in [0, 0.05) is 18.7 Å². The van der Waals surface area contributed by atoms with Crippen molar-refractivity contribution in [2.75, 3.05) is 33.3 Å². The Bertz CT molecular complexity index is 576. The van der Waals surface area contributed by atoms with Crippen LogP contribution in [-0.2, 0) is 11.3 Å². The number of nitrogens with one attached hydrogen (secondary N) is 1. The lowest BCUT2D eigenvalue weighted by atomic mass is 9.96. The van der Waals surface area contributed by atoms with Crippen molar-refractivity contribution in [3.8, 4) is 11.5 Å². The summed E-state index contributed by atoms with van der Waals surface area (Å²) in [6.45, 7) is 8.41. The molecule has 1 fully saturated rings. The van der Waals surface area contributed by atoms with Crippen LogP contribution in [0.4, 0.5) is 0 Å². The van der Waals surface area contributed by atoms with Gasteiger partial charge in [0.1, 0.15) is 6.54 Å². The highest BCUT2D eigenvalue weighted by molar-refractivity contribution is 9.10. The van der Waals surface area contributed by atoms with Crippen LogP contribution >= 0.6 is 15.9 Å². The van der Waals surface area contributed by atoms with Crippen LogP contribution in [0.25, 0.3) is 0 Å². The number of nitrogens with zero attached hydrogens (tertiary/aromatic N) is 1. The van der Waals surface area contributed by atoms with Crippen LogP contribution in [0, 0.1) is 5.92 Å². The minimum atomic E-state index is 0.121. The molecule has 1 unspecified atom stereocenters. The summed E-state index contributed by atoms with van der Waals surface area (Å²) in [5, 5.41) is 9.93. The van der Waals surface area contributed by atoms with E-state index in [4.69, 9.17) is 4.74 Å². The van der Waals surface area contributed by atoms with Gasteiger partial charge in [0.2, 0.25) is 5.91 Å². The second kappa shape index (κ2) is 8.72. The number of methoxy groups -OCH3 is 1. The summed E-state index contributed by atoms with van der Waals surface area (Å²) in [6.07, 6.45) is 2.06. The van der Waals surface area contributed by atoms with Gasteiger partial charge >= 0.3 is 0 Å². The van der Waals surface area contributed by atoms with Crippen molar-refractivity contribution in [2.24, 2.45) is 5.92 Å². The molecule has 0 radical (unpaired) electrons. The second-order valence-electron chi connectivity index (χ2n) is 6.36. The zero-order valence-corrected chi connectivity index (χ0v) is 16.4. The van der Waals surface area contributed by atoms with Crippen LogP contribution < -0.4 is 9.64 Å². The Morgan fingerprint density at radius 1 is 1.42 bits per heavy atom. The molecule has 134 valence electrons. The molecular weight excluding hydrogens is 372 g/mol. The maximum Gasteiger partial charge on any atom is 0.231 e. The third kappa shape index (κ3) is 4.42. The van der Waals surface area contributed by atoms with Gasteiger partial charge in [-0.2, -0.15) is 0 Å². The molecule has 1 aromatic rings. The molecule has 1 heterocycles. The molecule has 6 heteroatoms. The average molecular weight is 400 g/mol. The number of aromatic hydroxyl groups is 1. The Hall–Kier alpha value is -1.27. The lowest BCUT2D eigenvalue weighted by molar-refractivity contribution is -0.921. The third-order valence-electron chi connectivity index (χ3n) is 4.80. The first-order valence-corrected chi connectivity index (χ1v) is 9.47. The number of ether oxygens (including phenoxy) is 1. The molecule has 0 bridgehead atoms. The van der Waals surface area contributed by atoms with Gasteiger partial charge in [-0.1, -0.05) is 0 Å². The number of rotatable bonds is 6. The molecule has 2 N–H and O–H groups in total. The first-order chi connectivity index (χ1) is 11.5. The van der Waals surface area contributed by atoms with E-state index in [0.29, 0.717) is 16.1 Å². The molecule has 2 rings (SSSR count). The Kier molecular flexibility index (Phi) is 6.92. The summed E-state index contributed by atoms with van der Waals surface area (Å²) in [6, 6.07) is 3.81. The molecule has 0 spiro atoms. The number of piperidine rings is 1. The Balaban J connectivity index is 2.05. The van der Waals surface area contributed by atoms with Crippen molar-refractivity contribution in [1.82, 2.24) is 4.90 Å². The van der Waals surface area contributed by atoms with E-state index in [1.54, 1.807) is 7.11 Å². The lowest BCUT2D eigenvalue weighted by Gasteiger charge is -2.32. The van der Waals surface area contributed by atoms with Crippen molar-refractivity contribution in [1.29, 1.82) is 0 Å². The third-order valence-corrected chi connectivity index (χ3v) is 5.41. The van der Waals surface area contributed by atoms with Crippen molar-refractivity contribution < 1.29 is 19.5 Å². The highest BCUT2D eigenvalue weighted by Crippen LogP contribution is 2.35. The average Bonchev–Trinajstić information content (AvgIpc) is 2.59. The monoisotopic (exact) mass is 399 g/mol. The van der Waals surface area contributed by atoms with Crippen LogP contribution in [0.1, 0.15) is 32.3 Å². The summed E-state index contributed by atoms with van der Waals surface area (Å²) >= 11 is 3.38. The summed E-state index contributed by atoms with van der Waals surface area (Å²) < 4.78 is 5.87. The molecule has 1 amide bonds. The first-order valence-electron chi connectivity index (χ1n) is 8.67. The van der Waals surface area contributed by atoms with Crippen LogP contribution in [0.2, 0.25) is 0 Å². The Labute approximate surface area is 152 Å². The molecule has 0 saturated carbocycles. The smallest absolute Gasteiger partial charge is 0.231 e. The molecule has 1 aliphatic heterocycles. The maximum atomic E-state index is 12.6. The van der Waals surface area contributed by atoms with E-state index in [0.717, 1.165) is 51.1 Å². The molecule has 1 aliphatic rings. The zero-order valence-electron chi connectivity index (χ0n) is 14.8. The van der Waals surface area contributed by atoms with E-state index >= 15 is 0 Å². The van der Waals surface area contributed by atoms with E-state index < -0.39 is 0 Å². The molecule has 0 aromatic heterocycles. The minimum absolute atomic E-state index is 0.121. The van der Waals surface area contributed by atoms with Crippen molar-refractivity contribution in [2.45, 2.75) is 33.2 Å². The molecule has 2 atom stereocenters. The van der Waals surface area contributed by atoms with Gasteiger partial charge in [-0.25, -0.2) is 0 Å². The number of likely N-dealkylation sites (tertiary alicyclic amines) is 1. The second-order valence-corrected chi connectivity index (χ2v) is 7.21. The fraction of sp³-hybridized carbons (Fsp3) is 0.611. The number of carbonyl (C=O) groups excluding carboxylic acids is 1. The van der Waals surface area contributed by atoms with Crippen molar-refractivity contribution in [3.63, 3.8) is 0 Å². The van der Waals surface area contributed by atoms with Gasteiger partial charge in [-0.05, 0) is 54.8 Å². The maximum absolute atomic E-state index is 12.6. The topological polar surface area (TPSA) is 54.2 Å². The number of quaternary nitrogens is 1. The lowest BCUT2D eigenvalue weighted by Crippen LogP contribution is -3.12. The summed E-state index contributed by atoms with van der Waals surface area (Å²) in [5.74, 6) is 1.02. The van der Waals surface area contributed by atoms with Crippen LogP contribution in [0.5, 0.6) is 11.5 Å². The Morgan fingerprint density at radius 3 is 2.75 bits per heavy atom. The van der Waals surface area contributed by atoms with Crippen molar-refractivity contribution >= 4 is 21.8 Å². The summed E-state index contributed by atoms with van der Waals surface area (Å²) in [7, 11) is 1.55. The highest BCUT2D eigenvalue weighted by Gasteiger charge is 2.31. The van der Waals surface area contributed by atoms with E-state index in [1.165, 1.54) is 4.90 Å².